The Hall–Kier alpha value is -2.33. The maximum atomic E-state index is 11.2. The Morgan fingerprint density at radius 3 is 2.35 bits per heavy atom. The van der Waals surface area contributed by atoms with Crippen LogP contribution in [0.5, 0.6) is 0 Å². The molecule has 2 aromatic rings. The number of hydrogen-bond acceptors (Lipinski definition) is 3. The van der Waals surface area contributed by atoms with Gasteiger partial charge < -0.3 is 4.57 Å². The van der Waals surface area contributed by atoms with Crippen molar-refractivity contribution in [3.05, 3.63) is 88.0 Å². The van der Waals surface area contributed by atoms with Crippen LogP contribution in [0.1, 0.15) is 69.8 Å². The molecule has 0 unspecified atom stereocenters. The van der Waals surface area contributed by atoms with Crippen LogP contribution in [0.15, 0.2) is 75.8 Å². The first-order valence-corrected chi connectivity index (χ1v) is 12.0. The minimum Gasteiger partial charge on any atom is -0.335 e. The molecule has 0 fully saturated rings. The van der Waals surface area contributed by atoms with E-state index in [1.54, 1.807) is 11.8 Å². The van der Waals surface area contributed by atoms with Gasteiger partial charge in [-0.1, -0.05) is 94.6 Å². The number of nitrogens with zero attached hydrogens (tertiary/aromatic N) is 2. The van der Waals surface area contributed by atoms with Crippen LogP contribution in [0.3, 0.4) is 0 Å². The van der Waals surface area contributed by atoms with Gasteiger partial charge in [-0.05, 0) is 55.0 Å². The number of rotatable bonds is 10. The van der Waals surface area contributed by atoms with Crippen LogP contribution in [0, 0.1) is 11.8 Å². The Morgan fingerprint density at radius 2 is 1.87 bits per heavy atom. The lowest BCUT2D eigenvalue weighted by atomic mass is 10.0. The van der Waals surface area contributed by atoms with Crippen LogP contribution >= 0.6 is 11.8 Å². The summed E-state index contributed by atoms with van der Waals surface area (Å²) < 4.78 is 2.32. The van der Waals surface area contributed by atoms with Gasteiger partial charge in [-0.3, -0.25) is 0 Å². The molecule has 3 nitrogen and oxygen atoms in total. The minimum atomic E-state index is 0.207. The number of allylic oxidation sites excluding steroid dienone is 5. The van der Waals surface area contributed by atoms with Crippen molar-refractivity contribution in [2.75, 3.05) is 0 Å². The van der Waals surface area contributed by atoms with Crippen molar-refractivity contribution >= 4 is 11.8 Å². The molecule has 0 N–H and O–H groups in total. The van der Waals surface area contributed by atoms with Gasteiger partial charge in [0.05, 0.1) is 5.03 Å². The van der Waals surface area contributed by atoms with Gasteiger partial charge in [-0.15, -0.1) is 0 Å². The van der Waals surface area contributed by atoms with Crippen LogP contribution in [0.25, 0.3) is 0 Å². The third-order valence-electron chi connectivity index (χ3n) is 5.04. The summed E-state index contributed by atoms with van der Waals surface area (Å²) in [5.41, 5.74) is 5.90. The van der Waals surface area contributed by atoms with Crippen LogP contribution in [-0.4, -0.2) is 4.57 Å². The van der Waals surface area contributed by atoms with Gasteiger partial charge >= 0.3 is 0 Å². The highest BCUT2D eigenvalue weighted by atomic mass is 32.2. The van der Waals surface area contributed by atoms with E-state index in [4.69, 9.17) is 0 Å². The largest absolute Gasteiger partial charge is 0.335 e. The SMILES string of the molecule is C=C/C=C(\C=C/C)Cn1c(C)c(CN=O)c(C(C)C)c1Sc1ccc(CC)cc1.CC. The third-order valence-corrected chi connectivity index (χ3v) is 6.18. The number of benzene rings is 1. The van der Waals surface area contributed by atoms with Gasteiger partial charge in [-0.25, -0.2) is 0 Å². The monoisotopic (exact) mass is 438 g/mol. The molecule has 1 aromatic heterocycles. The van der Waals surface area contributed by atoms with E-state index >= 15 is 0 Å². The predicted molar refractivity (Wildman–Crippen MR) is 137 cm³/mol. The van der Waals surface area contributed by atoms with Crippen molar-refractivity contribution < 1.29 is 0 Å². The molecule has 0 aliphatic rings. The van der Waals surface area contributed by atoms with E-state index < -0.39 is 0 Å². The number of nitroso groups, excluding NO2 is 1. The molecular weight excluding hydrogens is 400 g/mol. The molecule has 0 atom stereocenters. The number of aromatic nitrogens is 1. The molecule has 0 saturated heterocycles. The average molecular weight is 439 g/mol. The quantitative estimate of drug-likeness (QED) is 0.275. The summed E-state index contributed by atoms with van der Waals surface area (Å²) >= 11 is 1.77. The van der Waals surface area contributed by atoms with Gasteiger partial charge in [0.2, 0.25) is 0 Å². The summed E-state index contributed by atoms with van der Waals surface area (Å²) in [4.78, 5) is 12.4. The van der Waals surface area contributed by atoms with Gasteiger partial charge in [0.1, 0.15) is 6.54 Å². The number of hydrogen-bond donors (Lipinski definition) is 0. The lowest BCUT2D eigenvalue weighted by Crippen LogP contribution is -2.04. The molecule has 0 spiro atoms. The van der Waals surface area contributed by atoms with Crippen LogP contribution < -0.4 is 0 Å². The second kappa shape index (κ2) is 13.9. The molecule has 0 bridgehead atoms. The van der Waals surface area contributed by atoms with E-state index in [1.165, 1.54) is 26.6 Å². The second-order valence-electron chi connectivity index (χ2n) is 7.39. The van der Waals surface area contributed by atoms with Crippen molar-refractivity contribution in [2.24, 2.45) is 5.18 Å². The molecule has 1 aromatic carbocycles. The predicted octanol–water partition coefficient (Wildman–Crippen LogP) is 8.61. The first-order valence-electron chi connectivity index (χ1n) is 11.2. The molecule has 2 rings (SSSR count). The van der Waals surface area contributed by atoms with Crippen LogP contribution in [0.4, 0.5) is 0 Å². The summed E-state index contributed by atoms with van der Waals surface area (Å²) in [5, 5.41) is 4.42. The van der Waals surface area contributed by atoms with Crippen molar-refractivity contribution in [2.45, 2.75) is 83.8 Å². The van der Waals surface area contributed by atoms with E-state index in [2.05, 4.69) is 74.4 Å². The molecule has 0 amide bonds. The topological polar surface area (TPSA) is 34.4 Å². The van der Waals surface area contributed by atoms with E-state index in [9.17, 15) is 4.91 Å². The molecule has 0 radical (unpaired) electrons. The molecular formula is C27H38N2OS. The first-order chi connectivity index (χ1) is 15.0. The smallest absolute Gasteiger partial charge is 0.108 e. The average Bonchev–Trinajstić information content (AvgIpc) is 3.02. The van der Waals surface area contributed by atoms with Gasteiger partial charge in [0, 0.05) is 22.7 Å². The summed E-state index contributed by atoms with van der Waals surface area (Å²) in [6.45, 7) is 19.4. The van der Waals surface area contributed by atoms with Gasteiger partial charge in [0.15, 0.2) is 0 Å². The number of aryl methyl sites for hydroxylation is 1. The molecule has 0 saturated carbocycles. The van der Waals surface area contributed by atoms with Crippen LogP contribution in [0.2, 0.25) is 0 Å². The zero-order valence-electron chi connectivity index (χ0n) is 20.2. The fourth-order valence-electron chi connectivity index (χ4n) is 3.56. The first kappa shape index (κ1) is 26.7. The lowest BCUT2D eigenvalue weighted by molar-refractivity contribution is 0.689. The summed E-state index contributed by atoms with van der Waals surface area (Å²) in [6, 6.07) is 8.75. The maximum absolute atomic E-state index is 11.2. The Morgan fingerprint density at radius 1 is 1.23 bits per heavy atom. The summed E-state index contributed by atoms with van der Waals surface area (Å²) in [7, 11) is 0. The molecule has 168 valence electrons. The highest BCUT2D eigenvalue weighted by Crippen LogP contribution is 2.40. The lowest BCUT2D eigenvalue weighted by Gasteiger charge is -2.15. The van der Waals surface area contributed by atoms with E-state index in [1.807, 2.05) is 39.0 Å². The van der Waals surface area contributed by atoms with E-state index in [0.717, 1.165) is 24.2 Å². The van der Waals surface area contributed by atoms with Gasteiger partial charge in [-0.2, -0.15) is 4.91 Å². The Balaban J connectivity index is 0.00000233. The highest BCUT2D eigenvalue weighted by Gasteiger charge is 2.23. The zero-order valence-corrected chi connectivity index (χ0v) is 21.1. The van der Waals surface area contributed by atoms with Crippen molar-refractivity contribution in [1.29, 1.82) is 0 Å². The molecule has 0 aliphatic carbocycles. The Bertz CT molecular complexity index is 902. The van der Waals surface area contributed by atoms with Crippen LogP contribution in [-0.2, 0) is 19.5 Å². The summed E-state index contributed by atoms with van der Waals surface area (Å²) in [5.74, 6) is 0.303. The second-order valence-corrected chi connectivity index (χ2v) is 8.45. The molecule has 1 heterocycles. The van der Waals surface area contributed by atoms with E-state index in [0.29, 0.717) is 5.92 Å². The van der Waals surface area contributed by atoms with Crippen molar-refractivity contribution in [3.8, 4) is 0 Å². The minimum absolute atomic E-state index is 0.207. The van der Waals surface area contributed by atoms with Crippen molar-refractivity contribution in [1.82, 2.24) is 4.57 Å². The highest BCUT2D eigenvalue weighted by molar-refractivity contribution is 7.99. The third kappa shape index (κ3) is 7.10. The molecule has 4 heteroatoms. The van der Waals surface area contributed by atoms with E-state index in [-0.39, 0.29) is 6.54 Å². The zero-order chi connectivity index (χ0) is 23.4. The normalized spacial score (nSPS) is 11.5. The Kier molecular flexibility index (Phi) is 11.9. The summed E-state index contributed by atoms with van der Waals surface area (Å²) in [6.07, 6.45) is 9.05. The fraction of sp³-hybridized carbons (Fsp3) is 0.407. The van der Waals surface area contributed by atoms with Crippen molar-refractivity contribution in [3.63, 3.8) is 0 Å². The fourth-order valence-corrected chi connectivity index (χ4v) is 4.83. The maximum Gasteiger partial charge on any atom is 0.108 e. The molecule has 31 heavy (non-hydrogen) atoms. The van der Waals surface area contributed by atoms with Gasteiger partial charge in [0.25, 0.3) is 0 Å². The molecule has 0 aliphatic heterocycles. The Labute approximate surface area is 193 Å². The standard InChI is InChI=1S/C25H32N2OS.C2H6/c1-7-10-21(11-8-2)17-27-19(6)23(16-26-28)24(18(4)5)25(27)29-22-14-12-20(9-3)13-15-22;1-2/h7-8,10-15,18H,1,9,16-17H2,2-6H3;1-2H3/b11-8-,21-10+;.